The Morgan fingerprint density at radius 2 is 2.00 bits per heavy atom. The predicted molar refractivity (Wildman–Crippen MR) is 70.5 cm³/mol. The molecular weight excluding hydrogens is 254 g/mol. The predicted octanol–water partition coefficient (Wildman–Crippen LogP) is 2.79. The fraction of sp³-hybridized carbons (Fsp3) is 0.231. The van der Waals surface area contributed by atoms with E-state index in [0.29, 0.717) is 10.7 Å². The molecule has 0 aliphatic rings. The van der Waals surface area contributed by atoms with Crippen LogP contribution in [-0.4, -0.2) is 18.5 Å². The first kappa shape index (κ1) is 14.3. The van der Waals surface area contributed by atoms with E-state index in [4.69, 9.17) is 16.3 Å². The molecular formula is C13H14ClNO3. The van der Waals surface area contributed by atoms with Crippen molar-refractivity contribution in [1.82, 2.24) is 0 Å². The Labute approximate surface area is 111 Å². The minimum atomic E-state index is -0.525. The van der Waals surface area contributed by atoms with Gasteiger partial charge in [-0.15, -0.1) is 0 Å². The summed E-state index contributed by atoms with van der Waals surface area (Å²) in [7, 11) is 0. The lowest BCUT2D eigenvalue weighted by Gasteiger charge is -2.05. The van der Waals surface area contributed by atoms with Crippen LogP contribution in [0.5, 0.6) is 0 Å². The second-order valence-electron chi connectivity index (χ2n) is 3.47. The van der Waals surface area contributed by atoms with Crippen LogP contribution in [0.25, 0.3) is 0 Å². The van der Waals surface area contributed by atoms with Crippen LogP contribution in [0, 0.1) is 0 Å². The molecule has 4 nitrogen and oxygen atoms in total. The number of hydrogen-bond acceptors (Lipinski definition) is 3. The maximum absolute atomic E-state index is 11.4. The van der Waals surface area contributed by atoms with E-state index in [2.05, 4.69) is 5.32 Å². The van der Waals surface area contributed by atoms with Gasteiger partial charge in [-0.1, -0.05) is 24.6 Å². The quantitative estimate of drug-likeness (QED) is 0.659. The van der Waals surface area contributed by atoms with Gasteiger partial charge in [0.25, 0.3) is 5.91 Å². The zero-order valence-electron chi connectivity index (χ0n) is 9.98. The Morgan fingerprint density at radius 3 is 2.61 bits per heavy atom. The van der Waals surface area contributed by atoms with E-state index in [0.717, 1.165) is 6.42 Å². The first-order valence-electron chi connectivity index (χ1n) is 5.50. The highest BCUT2D eigenvalue weighted by Crippen LogP contribution is 2.13. The molecule has 1 amide bonds. The fourth-order valence-electron chi connectivity index (χ4n) is 1.13. The van der Waals surface area contributed by atoms with Crippen LogP contribution in [0.1, 0.15) is 13.3 Å². The lowest BCUT2D eigenvalue weighted by Crippen LogP contribution is -2.20. The van der Waals surface area contributed by atoms with Gasteiger partial charge in [-0.3, -0.25) is 4.79 Å². The average Bonchev–Trinajstić information content (AvgIpc) is 2.36. The second kappa shape index (κ2) is 7.50. The summed E-state index contributed by atoms with van der Waals surface area (Å²) in [5, 5.41) is 3.17. The third-order valence-electron chi connectivity index (χ3n) is 1.96. The molecule has 1 rings (SSSR count). The lowest BCUT2D eigenvalue weighted by molar-refractivity contribution is -0.142. The molecule has 0 atom stereocenters. The molecule has 0 fully saturated rings. The number of halogens is 1. The van der Waals surface area contributed by atoms with Gasteiger partial charge in [0, 0.05) is 16.8 Å². The zero-order valence-corrected chi connectivity index (χ0v) is 10.7. The van der Waals surface area contributed by atoms with E-state index in [9.17, 15) is 9.59 Å². The van der Waals surface area contributed by atoms with Gasteiger partial charge in [0.05, 0.1) is 0 Å². The van der Waals surface area contributed by atoms with Crippen molar-refractivity contribution in [2.75, 3.05) is 11.9 Å². The maximum atomic E-state index is 11.4. The molecule has 0 aromatic heterocycles. The molecule has 1 N–H and O–H groups in total. The Kier molecular flexibility index (Phi) is 5.94. The van der Waals surface area contributed by atoms with Crippen molar-refractivity contribution >= 4 is 29.2 Å². The Morgan fingerprint density at radius 1 is 1.33 bits per heavy atom. The number of ether oxygens (including phenoxy) is 1. The Balaban J connectivity index is 2.36. The van der Waals surface area contributed by atoms with Gasteiger partial charge in [-0.2, -0.15) is 0 Å². The molecule has 0 bridgehead atoms. The maximum Gasteiger partial charge on any atom is 0.330 e. The van der Waals surface area contributed by atoms with Crippen LogP contribution in [0.15, 0.2) is 36.4 Å². The summed E-state index contributed by atoms with van der Waals surface area (Å²) in [6.07, 6.45) is 3.71. The fourth-order valence-corrected chi connectivity index (χ4v) is 1.26. The van der Waals surface area contributed by atoms with Crippen molar-refractivity contribution in [2.24, 2.45) is 0 Å². The highest BCUT2D eigenvalue weighted by Gasteiger charge is 2.05. The van der Waals surface area contributed by atoms with Gasteiger partial charge in [-0.05, 0) is 30.7 Å². The van der Waals surface area contributed by atoms with Crippen LogP contribution < -0.4 is 5.32 Å². The molecule has 0 aliphatic carbocycles. The summed E-state index contributed by atoms with van der Waals surface area (Å²) in [5.41, 5.74) is 0.601. The number of allylic oxidation sites excluding steroid dienone is 1. The number of anilines is 1. The normalized spacial score (nSPS) is 10.3. The summed E-state index contributed by atoms with van der Waals surface area (Å²) in [6.45, 7) is 1.59. The summed E-state index contributed by atoms with van der Waals surface area (Å²) >= 11 is 5.71. The van der Waals surface area contributed by atoms with E-state index in [-0.39, 0.29) is 6.61 Å². The minimum absolute atomic E-state index is 0.310. The summed E-state index contributed by atoms with van der Waals surface area (Å²) in [4.78, 5) is 22.5. The molecule has 96 valence electrons. The van der Waals surface area contributed by atoms with Crippen molar-refractivity contribution < 1.29 is 14.3 Å². The molecule has 18 heavy (non-hydrogen) atoms. The van der Waals surface area contributed by atoms with Crippen LogP contribution in [0.3, 0.4) is 0 Å². The summed E-state index contributed by atoms with van der Waals surface area (Å²) in [5.74, 6) is -0.918. The largest absolute Gasteiger partial charge is 0.452 e. The van der Waals surface area contributed by atoms with E-state index in [1.54, 1.807) is 30.3 Å². The summed E-state index contributed by atoms with van der Waals surface area (Å²) < 4.78 is 4.74. The van der Waals surface area contributed by atoms with Crippen LogP contribution in [0.4, 0.5) is 5.69 Å². The van der Waals surface area contributed by atoms with Gasteiger partial charge in [0.15, 0.2) is 6.61 Å². The molecule has 5 heteroatoms. The lowest BCUT2D eigenvalue weighted by atomic mass is 10.3. The number of rotatable bonds is 5. The Bertz CT molecular complexity index is 440. The number of carbonyl (C=O) groups excluding carboxylic acids is 2. The topological polar surface area (TPSA) is 55.4 Å². The molecule has 1 aromatic rings. The molecule has 0 radical (unpaired) electrons. The summed E-state index contributed by atoms with van der Waals surface area (Å²) in [6, 6.07) is 6.65. The smallest absolute Gasteiger partial charge is 0.330 e. The van der Waals surface area contributed by atoms with E-state index >= 15 is 0 Å². The first-order valence-corrected chi connectivity index (χ1v) is 5.88. The van der Waals surface area contributed by atoms with E-state index in [1.807, 2.05) is 6.92 Å². The van der Waals surface area contributed by atoms with Crippen molar-refractivity contribution in [1.29, 1.82) is 0 Å². The van der Waals surface area contributed by atoms with Crippen LogP contribution in [-0.2, 0) is 14.3 Å². The van der Waals surface area contributed by atoms with Crippen molar-refractivity contribution in [3.8, 4) is 0 Å². The Hall–Kier alpha value is -1.81. The van der Waals surface area contributed by atoms with Gasteiger partial charge in [0.1, 0.15) is 0 Å². The number of amides is 1. The van der Waals surface area contributed by atoms with Gasteiger partial charge in [0.2, 0.25) is 0 Å². The second-order valence-corrected chi connectivity index (χ2v) is 3.91. The number of esters is 1. The molecule has 0 heterocycles. The molecule has 1 aromatic carbocycles. The number of nitrogens with one attached hydrogen (secondary N) is 1. The standard InChI is InChI=1S/C13H14ClNO3/c1-2-3-4-13(17)18-9-12(16)15-11-7-5-10(14)6-8-11/h3-8H,2,9H2,1H3,(H,15,16)/b4-3+. The molecule has 0 aliphatic heterocycles. The molecule has 0 spiro atoms. The van der Waals surface area contributed by atoms with Gasteiger partial charge >= 0.3 is 5.97 Å². The average molecular weight is 268 g/mol. The van der Waals surface area contributed by atoms with Crippen molar-refractivity contribution in [3.63, 3.8) is 0 Å². The molecule has 0 saturated heterocycles. The third-order valence-corrected chi connectivity index (χ3v) is 2.22. The monoisotopic (exact) mass is 267 g/mol. The SMILES string of the molecule is CC/C=C/C(=O)OCC(=O)Nc1ccc(Cl)cc1. The van der Waals surface area contributed by atoms with Gasteiger partial charge < -0.3 is 10.1 Å². The van der Waals surface area contributed by atoms with Crippen LogP contribution >= 0.6 is 11.6 Å². The van der Waals surface area contributed by atoms with Crippen molar-refractivity contribution in [2.45, 2.75) is 13.3 Å². The van der Waals surface area contributed by atoms with E-state index in [1.165, 1.54) is 6.08 Å². The molecule has 0 saturated carbocycles. The minimum Gasteiger partial charge on any atom is -0.452 e. The van der Waals surface area contributed by atoms with Crippen LogP contribution in [0.2, 0.25) is 5.02 Å². The first-order chi connectivity index (χ1) is 8.61. The van der Waals surface area contributed by atoms with Crippen molar-refractivity contribution in [3.05, 3.63) is 41.4 Å². The number of carbonyl (C=O) groups is 2. The highest BCUT2D eigenvalue weighted by atomic mass is 35.5. The zero-order chi connectivity index (χ0) is 13.4. The highest BCUT2D eigenvalue weighted by molar-refractivity contribution is 6.30. The molecule has 0 unspecified atom stereocenters. The number of hydrogen-bond donors (Lipinski definition) is 1. The third kappa shape index (κ3) is 5.50. The van der Waals surface area contributed by atoms with E-state index < -0.39 is 11.9 Å². The number of benzene rings is 1. The van der Waals surface area contributed by atoms with Gasteiger partial charge in [-0.25, -0.2) is 4.79 Å².